The predicted molar refractivity (Wildman–Crippen MR) is 81.1 cm³/mol. The molecule has 1 aromatic heterocycles. The molecule has 2 rings (SSSR count). The van der Waals surface area contributed by atoms with Crippen molar-refractivity contribution in [2.24, 2.45) is 17.1 Å². The topological polar surface area (TPSA) is 26.0 Å². The van der Waals surface area contributed by atoms with Crippen molar-refractivity contribution in [3.05, 3.63) is 21.9 Å². The first-order valence-corrected chi connectivity index (χ1v) is 8.00. The molecule has 0 aliphatic heterocycles. The third kappa shape index (κ3) is 3.36. The molecule has 2 atom stereocenters. The van der Waals surface area contributed by atoms with Gasteiger partial charge in [-0.25, -0.2) is 0 Å². The first-order valence-electron chi connectivity index (χ1n) is 7.18. The SMILES string of the molecule is CCc1ccc(CC2(N)CC(C)CC(C)(C)C2)s1. The van der Waals surface area contributed by atoms with Crippen LogP contribution in [-0.4, -0.2) is 5.54 Å². The van der Waals surface area contributed by atoms with E-state index in [4.69, 9.17) is 5.73 Å². The lowest BCUT2D eigenvalue weighted by Gasteiger charge is -2.45. The number of hydrogen-bond acceptors (Lipinski definition) is 2. The average Bonchev–Trinajstić information content (AvgIpc) is 2.60. The molecule has 1 aliphatic rings. The first kappa shape index (κ1) is 14.1. The summed E-state index contributed by atoms with van der Waals surface area (Å²) in [6, 6.07) is 4.55. The maximum atomic E-state index is 6.71. The van der Waals surface area contributed by atoms with Crippen molar-refractivity contribution in [3.63, 3.8) is 0 Å². The molecule has 18 heavy (non-hydrogen) atoms. The van der Waals surface area contributed by atoms with Crippen LogP contribution in [0.5, 0.6) is 0 Å². The lowest BCUT2D eigenvalue weighted by molar-refractivity contribution is 0.108. The van der Waals surface area contributed by atoms with Gasteiger partial charge < -0.3 is 5.73 Å². The van der Waals surface area contributed by atoms with Crippen LogP contribution in [0.1, 0.15) is 56.7 Å². The smallest absolute Gasteiger partial charge is 0.0210 e. The fraction of sp³-hybridized carbons (Fsp3) is 0.750. The van der Waals surface area contributed by atoms with Crippen molar-refractivity contribution in [1.29, 1.82) is 0 Å². The van der Waals surface area contributed by atoms with Gasteiger partial charge in [0.25, 0.3) is 0 Å². The van der Waals surface area contributed by atoms with Crippen molar-refractivity contribution in [2.45, 2.75) is 65.3 Å². The third-order valence-corrected chi connectivity index (χ3v) is 5.31. The van der Waals surface area contributed by atoms with Gasteiger partial charge in [-0.15, -0.1) is 11.3 Å². The molecule has 1 saturated carbocycles. The molecule has 0 radical (unpaired) electrons. The van der Waals surface area contributed by atoms with Crippen LogP contribution in [0.4, 0.5) is 0 Å². The molecular weight excluding hydrogens is 238 g/mol. The Balaban J connectivity index is 2.10. The fourth-order valence-electron chi connectivity index (χ4n) is 4.00. The summed E-state index contributed by atoms with van der Waals surface area (Å²) < 4.78 is 0. The van der Waals surface area contributed by atoms with Crippen LogP contribution in [0, 0.1) is 11.3 Å². The first-order chi connectivity index (χ1) is 8.32. The lowest BCUT2D eigenvalue weighted by Crippen LogP contribution is -2.50. The van der Waals surface area contributed by atoms with E-state index < -0.39 is 0 Å². The van der Waals surface area contributed by atoms with Gasteiger partial charge in [-0.1, -0.05) is 27.7 Å². The van der Waals surface area contributed by atoms with Crippen LogP contribution in [-0.2, 0) is 12.8 Å². The maximum Gasteiger partial charge on any atom is 0.0210 e. The highest BCUT2D eigenvalue weighted by molar-refractivity contribution is 7.12. The second-order valence-electron chi connectivity index (χ2n) is 7.12. The molecule has 1 fully saturated rings. The minimum Gasteiger partial charge on any atom is -0.325 e. The number of aryl methyl sites for hydroxylation is 1. The van der Waals surface area contributed by atoms with Gasteiger partial charge in [-0.2, -0.15) is 0 Å². The van der Waals surface area contributed by atoms with E-state index in [0.29, 0.717) is 5.41 Å². The van der Waals surface area contributed by atoms with Crippen LogP contribution in [0.3, 0.4) is 0 Å². The molecule has 0 bridgehead atoms. The maximum absolute atomic E-state index is 6.71. The Bertz CT molecular complexity index is 407. The van der Waals surface area contributed by atoms with E-state index in [1.165, 1.54) is 22.6 Å². The molecule has 0 aromatic carbocycles. The third-order valence-electron chi connectivity index (χ3n) is 4.08. The fourth-order valence-corrected chi connectivity index (χ4v) is 5.11. The van der Waals surface area contributed by atoms with Gasteiger partial charge >= 0.3 is 0 Å². The Morgan fingerprint density at radius 1 is 1.28 bits per heavy atom. The molecule has 0 saturated heterocycles. The molecule has 1 aromatic rings. The number of nitrogens with two attached hydrogens (primary N) is 1. The van der Waals surface area contributed by atoms with E-state index >= 15 is 0 Å². The van der Waals surface area contributed by atoms with Crippen molar-refractivity contribution in [2.75, 3.05) is 0 Å². The zero-order valence-corrected chi connectivity index (χ0v) is 13.1. The largest absolute Gasteiger partial charge is 0.325 e. The molecule has 2 unspecified atom stereocenters. The predicted octanol–water partition coefficient (Wildman–Crippen LogP) is 4.40. The summed E-state index contributed by atoms with van der Waals surface area (Å²) in [6.45, 7) is 9.32. The Kier molecular flexibility index (Phi) is 3.89. The monoisotopic (exact) mass is 265 g/mol. The summed E-state index contributed by atoms with van der Waals surface area (Å²) in [7, 11) is 0. The van der Waals surface area contributed by atoms with E-state index in [9.17, 15) is 0 Å². The van der Waals surface area contributed by atoms with Gasteiger partial charge in [0, 0.05) is 15.3 Å². The zero-order chi connectivity index (χ0) is 13.4. The summed E-state index contributed by atoms with van der Waals surface area (Å²) in [6.07, 6.45) is 5.85. The van der Waals surface area contributed by atoms with Crippen LogP contribution in [0.15, 0.2) is 12.1 Å². The minimum atomic E-state index is 0.0109. The van der Waals surface area contributed by atoms with Gasteiger partial charge in [-0.05, 0) is 55.6 Å². The van der Waals surface area contributed by atoms with E-state index in [0.717, 1.165) is 25.2 Å². The second-order valence-corrected chi connectivity index (χ2v) is 8.37. The van der Waals surface area contributed by atoms with Crippen molar-refractivity contribution >= 4 is 11.3 Å². The van der Waals surface area contributed by atoms with Crippen molar-refractivity contribution in [1.82, 2.24) is 0 Å². The standard InChI is InChI=1S/C16H27NS/c1-5-13-6-7-14(18-13)10-16(17)9-12(2)8-15(3,4)11-16/h6-7,12H,5,8-11,17H2,1-4H3. The van der Waals surface area contributed by atoms with Crippen LogP contribution >= 0.6 is 11.3 Å². The molecule has 1 aliphatic carbocycles. The Morgan fingerprint density at radius 2 is 1.94 bits per heavy atom. The van der Waals surface area contributed by atoms with Gasteiger partial charge in [0.1, 0.15) is 0 Å². The molecular formula is C16H27NS. The van der Waals surface area contributed by atoms with Gasteiger partial charge in [0.15, 0.2) is 0 Å². The van der Waals surface area contributed by atoms with E-state index in [1.54, 1.807) is 0 Å². The van der Waals surface area contributed by atoms with E-state index in [-0.39, 0.29) is 5.54 Å². The van der Waals surface area contributed by atoms with Crippen LogP contribution in [0.25, 0.3) is 0 Å². The highest BCUT2D eigenvalue weighted by Gasteiger charge is 2.40. The summed E-state index contributed by atoms with van der Waals surface area (Å²) in [5, 5.41) is 0. The van der Waals surface area contributed by atoms with Crippen LogP contribution in [0.2, 0.25) is 0 Å². The molecule has 2 N–H and O–H groups in total. The normalized spacial score (nSPS) is 31.5. The Labute approximate surface area is 116 Å². The van der Waals surface area contributed by atoms with E-state index in [1.807, 2.05) is 11.3 Å². The van der Waals surface area contributed by atoms with Crippen LogP contribution < -0.4 is 5.73 Å². The number of thiophene rings is 1. The quantitative estimate of drug-likeness (QED) is 0.861. The summed E-state index contributed by atoms with van der Waals surface area (Å²) in [5.41, 5.74) is 7.13. The second kappa shape index (κ2) is 4.97. The molecule has 0 spiro atoms. The lowest BCUT2D eigenvalue weighted by atomic mass is 9.63. The summed E-state index contributed by atoms with van der Waals surface area (Å²) in [4.78, 5) is 2.95. The highest BCUT2D eigenvalue weighted by Crippen LogP contribution is 2.44. The Hall–Kier alpha value is -0.340. The molecule has 0 amide bonds. The summed E-state index contributed by atoms with van der Waals surface area (Å²) >= 11 is 1.95. The zero-order valence-electron chi connectivity index (χ0n) is 12.3. The molecule has 1 nitrogen and oxygen atoms in total. The highest BCUT2D eigenvalue weighted by atomic mass is 32.1. The number of hydrogen-bond donors (Lipinski definition) is 1. The van der Waals surface area contributed by atoms with Crippen molar-refractivity contribution in [3.8, 4) is 0 Å². The Morgan fingerprint density at radius 3 is 2.50 bits per heavy atom. The van der Waals surface area contributed by atoms with Gasteiger partial charge in [0.05, 0.1) is 0 Å². The minimum absolute atomic E-state index is 0.0109. The number of rotatable bonds is 3. The molecule has 2 heteroatoms. The van der Waals surface area contributed by atoms with E-state index in [2.05, 4.69) is 39.8 Å². The van der Waals surface area contributed by atoms with Gasteiger partial charge in [0.2, 0.25) is 0 Å². The van der Waals surface area contributed by atoms with Crippen molar-refractivity contribution < 1.29 is 0 Å². The average molecular weight is 265 g/mol. The summed E-state index contributed by atoms with van der Waals surface area (Å²) in [5.74, 6) is 0.754. The van der Waals surface area contributed by atoms with Gasteiger partial charge in [-0.3, -0.25) is 0 Å². The molecule has 102 valence electrons. The molecule has 1 heterocycles.